The number of aliphatic hydroxyl groups excluding tert-OH is 1. The van der Waals surface area contributed by atoms with Gasteiger partial charge in [0, 0.05) is 11.6 Å². The molecule has 0 aliphatic rings. The molecule has 1 unspecified atom stereocenters. The van der Waals surface area contributed by atoms with E-state index < -0.39 is 17.7 Å². The van der Waals surface area contributed by atoms with E-state index in [0.717, 1.165) is 11.6 Å². The van der Waals surface area contributed by atoms with E-state index in [1.54, 1.807) is 31.2 Å². The highest BCUT2D eigenvalue weighted by Gasteiger charge is 2.05. The molecule has 1 N–H and O–H groups in total. The van der Waals surface area contributed by atoms with E-state index in [1.165, 1.54) is 12.1 Å². The molecule has 2 aromatic rings. The third-order valence-electron chi connectivity index (χ3n) is 2.77. The monoisotopic (exact) mass is 264 g/mol. The molecule has 2 aromatic carbocycles. The van der Waals surface area contributed by atoms with E-state index in [4.69, 9.17) is 4.74 Å². The van der Waals surface area contributed by atoms with Gasteiger partial charge in [0.1, 0.15) is 24.0 Å². The zero-order valence-electron chi connectivity index (χ0n) is 10.4. The van der Waals surface area contributed by atoms with Gasteiger partial charge >= 0.3 is 0 Å². The summed E-state index contributed by atoms with van der Waals surface area (Å²) < 4.78 is 31.5. The Bertz CT molecular complexity index is 551. The molecule has 0 bridgehead atoms. The Morgan fingerprint density at radius 2 is 1.79 bits per heavy atom. The van der Waals surface area contributed by atoms with Crippen molar-refractivity contribution in [3.63, 3.8) is 0 Å². The molecule has 0 spiro atoms. The van der Waals surface area contributed by atoms with Gasteiger partial charge in [-0.05, 0) is 36.8 Å². The van der Waals surface area contributed by atoms with Crippen molar-refractivity contribution in [2.45, 2.75) is 19.6 Å². The van der Waals surface area contributed by atoms with Gasteiger partial charge in [0.05, 0.1) is 6.10 Å². The first-order valence-corrected chi connectivity index (χ1v) is 5.91. The Kier molecular flexibility index (Phi) is 4.12. The molecule has 2 nitrogen and oxygen atoms in total. The van der Waals surface area contributed by atoms with E-state index >= 15 is 0 Å². The Morgan fingerprint density at radius 1 is 1.11 bits per heavy atom. The van der Waals surface area contributed by atoms with Crippen molar-refractivity contribution >= 4 is 0 Å². The normalized spacial score (nSPS) is 12.2. The minimum Gasteiger partial charge on any atom is -0.489 e. The zero-order valence-corrected chi connectivity index (χ0v) is 10.4. The highest BCUT2D eigenvalue weighted by atomic mass is 19.1. The Hall–Kier alpha value is -1.94. The molecule has 0 saturated heterocycles. The minimum atomic E-state index is -0.624. The van der Waals surface area contributed by atoms with Gasteiger partial charge in [-0.15, -0.1) is 0 Å². The summed E-state index contributed by atoms with van der Waals surface area (Å²) in [7, 11) is 0. The van der Waals surface area contributed by atoms with Crippen molar-refractivity contribution in [2.75, 3.05) is 0 Å². The number of halogens is 2. The molecule has 19 heavy (non-hydrogen) atoms. The zero-order chi connectivity index (χ0) is 13.8. The Labute approximate surface area is 110 Å². The summed E-state index contributed by atoms with van der Waals surface area (Å²) in [6, 6.07) is 10.2. The summed E-state index contributed by atoms with van der Waals surface area (Å²) in [6.45, 7) is 1.70. The fourth-order valence-electron chi connectivity index (χ4n) is 1.64. The maximum Gasteiger partial charge on any atom is 0.132 e. The molecule has 0 aliphatic carbocycles. The number of ether oxygens (including phenoxy) is 1. The van der Waals surface area contributed by atoms with Gasteiger partial charge in [-0.25, -0.2) is 8.78 Å². The first kappa shape index (κ1) is 13.5. The number of hydrogen-bond donors (Lipinski definition) is 1. The van der Waals surface area contributed by atoms with Gasteiger partial charge in [-0.2, -0.15) is 0 Å². The van der Waals surface area contributed by atoms with Crippen LogP contribution in [-0.4, -0.2) is 5.11 Å². The summed E-state index contributed by atoms with van der Waals surface area (Å²) in [4.78, 5) is 0. The average Bonchev–Trinajstić information content (AvgIpc) is 2.38. The third-order valence-corrected chi connectivity index (χ3v) is 2.77. The van der Waals surface area contributed by atoms with E-state index in [2.05, 4.69) is 0 Å². The van der Waals surface area contributed by atoms with Crippen molar-refractivity contribution in [1.82, 2.24) is 0 Å². The topological polar surface area (TPSA) is 29.5 Å². The van der Waals surface area contributed by atoms with Crippen molar-refractivity contribution in [2.24, 2.45) is 0 Å². The summed E-state index contributed by atoms with van der Waals surface area (Å²) in [5, 5.41) is 9.36. The lowest BCUT2D eigenvalue weighted by atomic mass is 10.1. The van der Waals surface area contributed by atoms with Crippen LogP contribution < -0.4 is 4.74 Å². The van der Waals surface area contributed by atoms with Gasteiger partial charge < -0.3 is 9.84 Å². The summed E-state index contributed by atoms with van der Waals surface area (Å²) in [5.41, 5.74) is 1.07. The number of rotatable bonds is 4. The second kappa shape index (κ2) is 5.80. The molecule has 0 saturated carbocycles. The van der Waals surface area contributed by atoms with Crippen molar-refractivity contribution in [1.29, 1.82) is 0 Å². The first-order valence-electron chi connectivity index (χ1n) is 5.91. The van der Waals surface area contributed by atoms with Crippen molar-refractivity contribution in [3.8, 4) is 5.75 Å². The lowest BCUT2D eigenvalue weighted by molar-refractivity contribution is 0.199. The summed E-state index contributed by atoms with van der Waals surface area (Å²) in [6.07, 6.45) is -0.538. The molecule has 2 rings (SSSR count). The molecular formula is C15H14F2O2. The minimum absolute atomic E-state index is 0.0279. The molecule has 0 heterocycles. The molecule has 0 amide bonds. The lowest BCUT2D eigenvalue weighted by Gasteiger charge is -2.09. The third kappa shape index (κ3) is 3.51. The predicted molar refractivity (Wildman–Crippen MR) is 67.8 cm³/mol. The van der Waals surface area contributed by atoms with Crippen LogP contribution >= 0.6 is 0 Å². The van der Waals surface area contributed by atoms with Gasteiger partial charge in [0.25, 0.3) is 0 Å². The highest BCUT2D eigenvalue weighted by molar-refractivity contribution is 5.28. The van der Waals surface area contributed by atoms with Crippen molar-refractivity contribution < 1.29 is 18.6 Å². The summed E-state index contributed by atoms with van der Waals surface area (Å²) >= 11 is 0. The molecule has 4 heteroatoms. The molecule has 0 aromatic heterocycles. The molecule has 100 valence electrons. The van der Waals surface area contributed by atoms with Gasteiger partial charge in [-0.1, -0.05) is 12.1 Å². The number of aliphatic hydroxyl groups is 1. The summed E-state index contributed by atoms with van der Waals surface area (Å²) in [5.74, 6) is -0.670. The van der Waals surface area contributed by atoms with E-state index in [9.17, 15) is 13.9 Å². The van der Waals surface area contributed by atoms with Crippen LogP contribution in [0.4, 0.5) is 8.78 Å². The molecule has 0 aliphatic heterocycles. The fourth-order valence-corrected chi connectivity index (χ4v) is 1.64. The standard InChI is InChI=1S/C15H14F2O2/c1-10(18)11-3-6-14(7-4-11)19-9-12-2-5-13(16)8-15(12)17/h2-8,10,18H,9H2,1H3. The second-order valence-corrected chi connectivity index (χ2v) is 4.27. The van der Waals surface area contributed by atoms with Crippen LogP contribution in [-0.2, 0) is 6.61 Å². The van der Waals surface area contributed by atoms with Crippen LogP contribution in [0.2, 0.25) is 0 Å². The maximum atomic E-state index is 13.4. The Balaban J connectivity index is 2.02. The Morgan fingerprint density at radius 3 is 2.37 bits per heavy atom. The second-order valence-electron chi connectivity index (χ2n) is 4.27. The fraction of sp³-hybridized carbons (Fsp3) is 0.200. The molecule has 0 fully saturated rings. The SMILES string of the molecule is CC(O)c1ccc(OCc2ccc(F)cc2F)cc1. The number of benzene rings is 2. The first-order chi connectivity index (χ1) is 9.06. The molecule has 0 radical (unpaired) electrons. The quantitative estimate of drug-likeness (QED) is 0.914. The maximum absolute atomic E-state index is 13.4. The molecular weight excluding hydrogens is 250 g/mol. The lowest BCUT2D eigenvalue weighted by Crippen LogP contribution is -1.99. The van der Waals surface area contributed by atoms with Crippen LogP contribution in [0.15, 0.2) is 42.5 Å². The van der Waals surface area contributed by atoms with E-state index in [0.29, 0.717) is 11.3 Å². The van der Waals surface area contributed by atoms with Gasteiger partial charge in [0.15, 0.2) is 0 Å². The van der Waals surface area contributed by atoms with Crippen LogP contribution in [0, 0.1) is 11.6 Å². The van der Waals surface area contributed by atoms with E-state index in [1.807, 2.05) is 0 Å². The van der Waals surface area contributed by atoms with Crippen LogP contribution in [0.5, 0.6) is 5.75 Å². The number of hydrogen-bond acceptors (Lipinski definition) is 2. The van der Waals surface area contributed by atoms with Gasteiger partial charge in [0.2, 0.25) is 0 Å². The largest absolute Gasteiger partial charge is 0.489 e. The molecule has 1 atom stereocenters. The van der Waals surface area contributed by atoms with Crippen LogP contribution in [0.3, 0.4) is 0 Å². The van der Waals surface area contributed by atoms with Crippen molar-refractivity contribution in [3.05, 3.63) is 65.2 Å². The predicted octanol–water partition coefficient (Wildman–Crippen LogP) is 3.60. The smallest absolute Gasteiger partial charge is 0.132 e. The van der Waals surface area contributed by atoms with E-state index in [-0.39, 0.29) is 6.61 Å². The average molecular weight is 264 g/mol. The van der Waals surface area contributed by atoms with Gasteiger partial charge in [-0.3, -0.25) is 0 Å². The van der Waals surface area contributed by atoms with Crippen LogP contribution in [0.25, 0.3) is 0 Å². The van der Waals surface area contributed by atoms with Crippen LogP contribution in [0.1, 0.15) is 24.2 Å². The highest BCUT2D eigenvalue weighted by Crippen LogP contribution is 2.19.